The minimum absolute atomic E-state index is 0.420. The fourth-order valence-electron chi connectivity index (χ4n) is 3.26. The Morgan fingerprint density at radius 1 is 1.11 bits per heavy atom. The lowest BCUT2D eigenvalue weighted by Crippen LogP contribution is -2.29. The van der Waals surface area contributed by atoms with Gasteiger partial charge in [-0.1, -0.05) is 41.6 Å². The molecular weight excluding hydrogens is 422 g/mol. The van der Waals surface area contributed by atoms with Crippen molar-refractivity contribution >= 4 is 33.0 Å². The van der Waals surface area contributed by atoms with Gasteiger partial charge in [-0.25, -0.2) is 4.79 Å². The predicted octanol–water partition coefficient (Wildman–Crippen LogP) is 5.20. The fraction of sp³-hybridized carbons (Fsp3) is 0.0952. The Morgan fingerprint density at radius 2 is 1.93 bits per heavy atom. The van der Waals surface area contributed by atoms with Gasteiger partial charge < -0.3 is 14.9 Å². The smallest absolute Gasteiger partial charge is 0.405 e. The highest BCUT2D eigenvalue weighted by atomic mass is 79.9. The number of hydrogen-bond donors (Lipinski definition) is 2. The Bertz CT molecular complexity index is 1130. The number of carboxylic acid groups (broad SMARTS) is 1. The monoisotopic (exact) mass is 437 g/mol. The predicted molar refractivity (Wildman–Crippen MR) is 109 cm³/mol. The second-order valence-electron chi connectivity index (χ2n) is 6.26. The summed E-state index contributed by atoms with van der Waals surface area (Å²) in [5.74, 6) is 0. The molecule has 0 radical (unpaired) electrons. The molecule has 7 heteroatoms. The van der Waals surface area contributed by atoms with E-state index in [1.54, 1.807) is 6.20 Å². The highest BCUT2D eigenvalue weighted by molar-refractivity contribution is 9.10. The van der Waals surface area contributed by atoms with E-state index in [0.29, 0.717) is 17.7 Å². The van der Waals surface area contributed by atoms with Gasteiger partial charge in [-0.05, 0) is 45.8 Å². The maximum Gasteiger partial charge on any atom is 0.405 e. The lowest BCUT2D eigenvalue weighted by atomic mass is 9.93. The molecule has 1 atom stereocenters. The quantitative estimate of drug-likeness (QED) is 0.447. The first-order valence-electron chi connectivity index (χ1n) is 8.66. The van der Waals surface area contributed by atoms with Crippen molar-refractivity contribution in [1.29, 1.82) is 0 Å². The zero-order valence-electron chi connectivity index (χ0n) is 14.7. The van der Waals surface area contributed by atoms with Crippen LogP contribution in [0.3, 0.4) is 0 Å². The molecule has 1 amide bonds. The molecule has 0 spiro atoms. The molecule has 2 heterocycles. The van der Waals surface area contributed by atoms with Crippen LogP contribution in [0, 0.1) is 0 Å². The number of fused-ring (bicyclic) bond motifs is 1. The minimum Gasteiger partial charge on any atom is -0.465 e. The largest absolute Gasteiger partial charge is 0.465 e. The molecular formula is C21H16BrN3O3. The third-order valence-corrected chi connectivity index (χ3v) is 5.10. The maximum atomic E-state index is 11.5. The highest BCUT2D eigenvalue weighted by Crippen LogP contribution is 2.36. The van der Waals surface area contributed by atoms with Gasteiger partial charge in [0.2, 0.25) is 0 Å². The molecule has 140 valence electrons. The molecule has 0 fully saturated rings. The lowest BCUT2D eigenvalue weighted by Gasteiger charge is -2.20. The topological polar surface area (TPSA) is 88.2 Å². The summed E-state index contributed by atoms with van der Waals surface area (Å²) in [5, 5.41) is 17.1. The minimum atomic E-state index is -1.09. The number of nitrogens with one attached hydrogen (secondary N) is 1. The molecule has 0 saturated heterocycles. The van der Waals surface area contributed by atoms with Gasteiger partial charge in [0, 0.05) is 23.9 Å². The standard InChI is InChI=1S/C21H16BrN3O3/c22-17-10-5-9-16-19(25-28-20(16)17)15-8-2-1-7-14(15)18(24-21(26)27)12-13-6-3-4-11-23-13/h1-11,18,24H,12H2,(H,26,27). The molecule has 28 heavy (non-hydrogen) atoms. The van der Waals surface area contributed by atoms with E-state index >= 15 is 0 Å². The molecule has 2 aromatic heterocycles. The number of nitrogens with zero attached hydrogens (tertiary/aromatic N) is 2. The summed E-state index contributed by atoms with van der Waals surface area (Å²) < 4.78 is 6.34. The van der Waals surface area contributed by atoms with Crippen molar-refractivity contribution in [2.45, 2.75) is 12.5 Å². The van der Waals surface area contributed by atoms with Crippen LogP contribution in [-0.4, -0.2) is 21.3 Å². The molecule has 6 nitrogen and oxygen atoms in total. The van der Waals surface area contributed by atoms with Crippen molar-refractivity contribution in [3.05, 3.63) is 82.6 Å². The first-order chi connectivity index (χ1) is 13.6. The molecule has 0 saturated carbocycles. The molecule has 2 aromatic carbocycles. The lowest BCUT2D eigenvalue weighted by molar-refractivity contribution is 0.190. The van der Waals surface area contributed by atoms with Crippen LogP contribution in [0.1, 0.15) is 17.3 Å². The SMILES string of the molecule is O=C(O)NC(Cc1ccccn1)c1ccccc1-c1noc2c(Br)cccc12. The number of aromatic nitrogens is 2. The Morgan fingerprint density at radius 3 is 2.71 bits per heavy atom. The summed E-state index contributed by atoms with van der Waals surface area (Å²) in [7, 11) is 0. The Balaban J connectivity index is 1.82. The van der Waals surface area contributed by atoms with Crippen LogP contribution in [0.25, 0.3) is 22.2 Å². The van der Waals surface area contributed by atoms with Gasteiger partial charge in [0.05, 0.1) is 15.9 Å². The van der Waals surface area contributed by atoms with Crippen molar-refractivity contribution in [3.63, 3.8) is 0 Å². The van der Waals surface area contributed by atoms with Gasteiger partial charge in [-0.2, -0.15) is 0 Å². The zero-order chi connectivity index (χ0) is 19.5. The van der Waals surface area contributed by atoms with Crippen molar-refractivity contribution in [2.75, 3.05) is 0 Å². The number of rotatable bonds is 5. The molecule has 0 aliphatic heterocycles. The van der Waals surface area contributed by atoms with E-state index in [2.05, 4.69) is 31.4 Å². The highest BCUT2D eigenvalue weighted by Gasteiger charge is 2.22. The van der Waals surface area contributed by atoms with E-state index in [9.17, 15) is 9.90 Å². The maximum absolute atomic E-state index is 11.5. The van der Waals surface area contributed by atoms with Crippen LogP contribution < -0.4 is 5.32 Å². The summed E-state index contributed by atoms with van der Waals surface area (Å²) in [4.78, 5) is 15.8. The van der Waals surface area contributed by atoms with Crippen molar-refractivity contribution in [2.24, 2.45) is 0 Å². The Hall–Kier alpha value is -3.19. The zero-order valence-corrected chi connectivity index (χ0v) is 16.3. The van der Waals surface area contributed by atoms with E-state index in [0.717, 1.165) is 26.7 Å². The van der Waals surface area contributed by atoms with E-state index in [-0.39, 0.29) is 0 Å². The van der Waals surface area contributed by atoms with Crippen LogP contribution in [-0.2, 0) is 6.42 Å². The molecule has 4 rings (SSSR count). The van der Waals surface area contributed by atoms with Crippen LogP contribution in [0.2, 0.25) is 0 Å². The van der Waals surface area contributed by atoms with E-state index in [1.165, 1.54) is 0 Å². The van der Waals surface area contributed by atoms with Crippen molar-refractivity contribution < 1.29 is 14.4 Å². The summed E-state index contributed by atoms with van der Waals surface area (Å²) in [6.07, 6.45) is 1.02. The third-order valence-electron chi connectivity index (χ3n) is 4.48. The number of hydrogen-bond acceptors (Lipinski definition) is 4. The van der Waals surface area contributed by atoms with Gasteiger partial charge >= 0.3 is 6.09 Å². The molecule has 0 aliphatic rings. The van der Waals surface area contributed by atoms with Gasteiger partial charge in [0.15, 0.2) is 5.58 Å². The molecule has 4 aromatic rings. The second-order valence-corrected chi connectivity index (χ2v) is 7.12. The molecule has 0 bridgehead atoms. The Labute approximate surface area is 169 Å². The average Bonchev–Trinajstić information content (AvgIpc) is 3.13. The average molecular weight is 438 g/mol. The van der Waals surface area contributed by atoms with E-state index in [1.807, 2.05) is 60.7 Å². The van der Waals surface area contributed by atoms with Crippen LogP contribution in [0.15, 0.2) is 75.9 Å². The second kappa shape index (κ2) is 7.82. The molecule has 0 aliphatic carbocycles. The van der Waals surface area contributed by atoms with Crippen molar-refractivity contribution in [3.8, 4) is 11.3 Å². The van der Waals surface area contributed by atoms with Crippen LogP contribution >= 0.6 is 15.9 Å². The number of para-hydroxylation sites is 1. The first kappa shape index (κ1) is 18.2. The Kier molecular flexibility index (Phi) is 5.08. The fourth-order valence-corrected chi connectivity index (χ4v) is 3.69. The van der Waals surface area contributed by atoms with Crippen LogP contribution in [0.4, 0.5) is 4.79 Å². The number of halogens is 1. The summed E-state index contributed by atoms with van der Waals surface area (Å²) in [6, 6.07) is 18.4. The van der Waals surface area contributed by atoms with E-state index < -0.39 is 12.1 Å². The van der Waals surface area contributed by atoms with Gasteiger partial charge in [0.1, 0.15) is 5.69 Å². The summed E-state index contributed by atoms with van der Waals surface area (Å²) in [6.45, 7) is 0. The van der Waals surface area contributed by atoms with Gasteiger partial charge in [0.25, 0.3) is 0 Å². The summed E-state index contributed by atoms with van der Waals surface area (Å²) >= 11 is 3.48. The van der Waals surface area contributed by atoms with Crippen molar-refractivity contribution in [1.82, 2.24) is 15.5 Å². The third kappa shape index (κ3) is 3.61. The van der Waals surface area contributed by atoms with Gasteiger partial charge in [-0.3, -0.25) is 4.98 Å². The number of pyridine rings is 1. The molecule has 2 N–H and O–H groups in total. The number of benzene rings is 2. The van der Waals surface area contributed by atoms with Crippen LogP contribution in [0.5, 0.6) is 0 Å². The number of amides is 1. The summed E-state index contributed by atoms with van der Waals surface area (Å²) in [5.41, 5.74) is 3.74. The number of carbonyl (C=O) groups is 1. The first-order valence-corrected chi connectivity index (χ1v) is 9.45. The van der Waals surface area contributed by atoms with Gasteiger partial charge in [-0.15, -0.1) is 0 Å². The normalized spacial score (nSPS) is 12.0. The molecule has 1 unspecified atom stereocenters. The van der Waals surface area contributed by atoms with E-state index in [4.69, 9.17) is 4.52 Å².